The zero-order valence-corrected chi connectivity index (χ0v) is 11.6. The molecule has 114 valence electrons. The average molecular weight is 288 g/mol. The fourth-order valence-electron chi connectivity index (χ4n) is 1.22. The van der Waals surface area contributed by atoms with Gasteiger partial charge in [-0.3, -0.25) is 9.59 Å². The maximum Gasteiger partial charge on any atom is 0.344 e. The Morgan fingerprint density at radius 3 is 2.20 bits per heavy atom. The van der Waals surface area contributed by atoms with E-state index in [9.17, 15) is 14.4 Å². The van der Waals surface area contributed by atoms with Crippen LogP contribution in [0.4, 0.5) is 0 Å². The largest absolute Gasteiger partial charge is 0.463 e. The topological polar surface area (TPSA) is 88.1 Å². The van der Waals surface area contributed by atoms with E-state index in [1.165, 1.54) is 7.11 Å². The molecule has 0 aromatic rings. The van der Waals surface area contributed by atoms with E-state index >= 15 is 0 Å². The van der Waals surface area contributed by atoms with E-state index in [2.05, 4.69) is 11.7 Å². The highest BCUT2D eigenvalue weighted by Gasteiger charge is 2.05. The van der Waals surface area contributed by atoms with E-state index in [4.69, 9.17) is 14.2 Å². The number of rotatable bonds is 11. The van der Waals surface area contributed by atoms with Gasteiger partial charge in [0.1, 0.15) is 6.61 Å². The van der Waals surface area contributed by atoms with Crippen LogP contribution in [0.15, 0.2) is 0 Å². The normalized spacial score (nSPS) is 9.90. The minimum Gasteiger partial charge on any atom is -0.463 e. The molecule has 0 saturated heterocycles. The number of carbonyl (C=O) groups excluding carboxylic acids is 3. The van der Waals surface area contributed by atoms with Crippen molar-refractivity contribution in [2.24, 2.45) is 0 Å². The molecule has 0 fully saturated rings. The Morgan fingerprint density at radius 1 is 0.850 bits per heavy atom. The van der Waals surface area contributed by atoms with Crippen molar-refractivity contribution in [3.8, 4) is 0 Å². The van der Waals surface area contributed by atoms with Crippen LogP contribution in [0.25, 0.3) is 0 Å². The van der Waals surface area contributed by atoms with Crippen molar-refractivity contribution in [2.75, 3.05) is 33.5 Å². The summed E-state index contributed by atoms with van der Waals surface area (Å²) in [6.07, 6.45) is 2.32. The van der Waals surface area contributed by atoms with Crippen LogP contribution in [-0.2, 0) is 33.3 Å². The maximum absolute atomic E-state index is 11.2. The lowest BCUT2D eigenvalue weighted by Crippen LogP contribution is -2.15. The molecule has 0 aromatic heterocycles. The number of unbranched alkanes of at least 4 members (excludes halogenated alkanes) is 2. The summed E-state index contributed by atoms with van der Waals surface area (Å²) in [4.78, 5) is 32.4. The van der Waals surface area contributed by atoms with Gasteiger partial charge in [-0.25, -0.2) is 4.79 Å². The molecule has 0 aliphatic rings. The molecule has 0 saturated carbocycles. The standard InChI is InChI=1S/C13H20O7/c1-11(14)20-10-13(16)18-7-5-3-4-6-12(15)19-9-8-17-2/h1H,3-10H2,2H3. The number of ether oxygens (including phenoxy) is 4. The lowest BCUT2D eigenvalue weighted by molar-refractivity contribution is -0.156. The van der Waals surface area contributed by atoms with Crippen LogP contribution >= 0.6 is 0 Å². The fourth-order valence-corrected chi connectivity index (χ4v) is 1.22. The summed E-state index contributed by atoms with van der Waals surface area (Å²) < 4.78 is 18.6. The third kappa shape index (κ3) is 12.8. The first-order valence-corrected chi connectivity index (χ1v) is 6.28. The van der Waals surface area contributed by atoms with Crippen LogP contribution in [0, 0.1) is 6.92 Å². The highest BCUT2D eigenvalue weighted by Crippen LogP contribution is 2.02. The van der Waals surface area contributed by atoms with Gasteiger partial charge in [-0.15, -0.1) is 0 Å². The van der Waals surface area contributed by atoms with Crippen molar-refractivity contribution in [2.45, 2.75) is 25.7 Å². The Bertz CT molecular complexity index is 301. The third-order valence-electron chi connectivity index (χ3n) is 2.17. The molecule has 0 aromatic carbocycles. The minimum atomic E-state index is -1.02. The number of hydrogen-bond donors (Lipinski definition) is 0. The Morgan fingerprint density at radius 2 is 1.55 bits per heavy atom. The van der Waals surface area contributed by atoms with Crippen LogP contribution in [0.5, 0.6) is 0 Å². The van der Waals surface area contributed by atoms with Gasteiger partial charge in [0.15, 0.2) is 6.61 Å². The van der Waals surface area contributed by atoms with Gasteiger partial charge in [-0.1, -0.05) is 0 Å². The van der Waals surface area contributed by atoms with Crippen molar-refractivity contribution in [1.29, 1.82) is 0 Å². The SMILES string of the molecule is [CH]C(=O)OCC(=O)OCCCCCC(=O)OCCOC. The molecule has 0 spiro atoms. The van der Waals surface area contributed by atoms with Gasteiger partial charge < -0.3 is 18.9 Å². The summed E-state index contributed by atoms with van der Waals surface area (Å²) in [5.74, 6) is -1.94. The van der Waals surface area contributed by atoms with Crippen LogP contribution < -0.4 is 0 Å². The molecule has 2 radical (unpaired) electrons. The van der Waals surface area contributed by atoms with Crippen molar-refractivity contribution in [3.05, 3.63) is 6.92 Å². The van der Waals surface area contributed by atoms with E-state index in [0.29, 0.717) is 25.9 Å². The molecule has 0 aliphatic heterocycles. The van der Waals surface area contributed by atoms with Gasteiger partial charge in [0, 0.05) is 13.5 Å². The first-order chi connectivity index (χ1) is 9.56. The first kappa shape index (κ1) is 18.4. The predicted molar refractivity (Wildman–Crippen MR) is 67.5 cm³/mol. The van der Waals surface area contributed by atoms with Crippen LogP contribution in [0.1, 0.15) is 25.7 Å². The lowest BCUT2D eigenvalue weighted by atomic mass is 10.2. The predicted octanol–water partition coefficient (Wildman–Crippen LogP) is 0.534. The number of hydrogen-bond acceptors (Lipinski definition) is 7. The Labute approximate surface area is 118 Å². The van der Waals surface area contributed by atoms with E-state index in [1.807, 2.05) is 0 Å². The summed E-state index contributed by atoms with van der Waals surface area (Å²) in [6, 6.07) is 0. The quantitative estimate of drug-likeness (QED) is 0.311. The maximum atomic E-state index is 11.2. The van der Waals surface area contributed by atoms with E-state index in [1.54, 1.807) is 0 Å². The molecule has 0 aliphatic carbocycles. The highest BCUT2D eigenvalue weighted by atomic mass is 16.6. The summed E-state index contributed by atoms with van der Waals surface area (Å²) in [7, 11) is 1.53. The number of methoxy groups -OCH3 is 1. The van der Waals surface area contributed by atoms with Crippen molar-refractivity contribution in [1.82, 2.24) is 0 Å². The van der Waals surface area contributed by atoms with Crippen molar-refractivity contribution < 1.29 is 33.3 Å². The van der Waals surface area contributed by atoms with E-state index < -0.39 is 18.5 Å². The summed E-state index contributed by atoms with van der Waals surface area (Å²) >= 11 is 0. The smallest absolute Gasteiger partial charge is 0.344 e. The van der Waals surface area contributed by atoms with Gasteiger partial charge in [-0.2, -0.15) is 0 Å². The highest BCUT2D eigenvalue weighted by molar-refractivity contribution is 5.78. The molecule has 0 atom stereocenters. The zero-order chi connectivity index (χ0) is 15.2. The van der Waals surface area contributed by atoms with Gasteiger partial charge in [0.25, 0.3) is 0 Å². The molecule has 0 bridgehead atoms. The van der Waals surface area contributed by atoms with Crippen molar-refractivity contribution in [3.63, 3.8) is 0 Å². The molecular formula is C13H20O7. The molecular weight excluding hydrogens is 268 g/mol. The van der Waals surface area contributed by atoms with E-state index in [-0.39, 0.29) is 19.2 Å². The van der Waals surface area contributed by atoms with Crippen molar-refractivity contribution >= 4 is 17.9 Å². The van der Waals surface area contributed by atoms with Crippen LogP contribution in [-0.4, -0.2) is 51.4 Å². The Balaban J connectivity index is 3.33. The summed E-state index contributed by atoms with van der Waals surface area (Å²) in [5, 5.41) is 0. The van der Waals surface area contributed by atoms with Gasteiger partial charge in [0.2, 0.25) is 0 Å². The minimum absolute atomic E-state index is 0.208. The Kier molecular flexibility index (Phi) is 11.4. The zero-order valence-electron chi connectivity index (χ0n) is 11.6. The monoisotopic (exact) mass is 288 g/mol. The second-order valence-electron chi connectivity index (χ2n) is 3.85. The number of esters is 3. The van der Waals surface area contributed by atoms with Crippen LogP contribution in [0.3, 0.4) is 0 Å². The van der Waals surface area contributed by atoms with Crippen LogP contribution in [0.2, 0.25) is 0 Å². The molecule has 20 heavy (non-hydrogen) atoms. The molecule has 7 nitrogen and oxygen atoms in total. The third-order valence-corrected chi connectivity index (χ3v) is 2.17. The molecule has 0 amide bonds. The molecule has 0 rings (SSSR count). The lowest BCUT2D eigenvalue weighted by Gasteiger charge is -2.05. The number of carbonyl (C=O) groups is 3. The second-order valence-corrected chi connectivity index (χ2v) is 3.85. The summed E-state index contributed by atoms with van der Waals surface area (Å²) in [6.45, 7) is 5.05. The Hall–Kier alpha value is -1.63. The molecule has 0 N–H and O–H groups in total. The van der Waals surface area contributed by atoms with E-state index in [0.717, 1.165) is 6.42 Å². The average Bonchev–Trinajstić information content (AvgIpc) is 2.40. The molecule has 0 heterocycles. The molecule has 0 unspecified atom stereocenters. The van der Waals surface area contributed by atoms with Gasteiger partial charge in [-0.05, 0) is 19.3 Å². The van der Waals surface area contributed by atoms with Gasteiger partial charge >= 0.3 is 17.9 Å². The molecule has 7 heteroatoms. The summed E-state index contributed by atoms with van der Waals surface area (Å²) in [5.41, 5.74) is 0. The second kappa shape index (κ2) is 12.4. The van der Waals surface area contributed by atoms with Gasteiger partial charge in [0.05, 0.1) is 20.1 Å². The first-order valence-electron chi connectivity index (χ1n) is 6.28. The fraction of sp³-hybridized carbons (Fsp3) is 0.692.